The number of nitrogens with one attached hydrogen (secondary N) is 1. The summed E-state index contributed by atoms with van der Waals surface area (Å²) in [6, 6.07) is 5.55. The van der Waals surface area contributed by atoms with Gasteiger partial charge in [-0.2, -0.15) is 0 Å². The van der Waals surface area contributed by atoms with E-state index in [4.69, 9.17) is 4.74 Å². The van der Waals surface area contributed by atoms with Crippen LogP contribution in [0.4, 0.5) is 11.4 Å². The van der Waals surface area contributed by atoms with E-state index >= 15 is 0 Å². The van der Waals surface area contributed by atoms with Crippen molar-refractivity contribution in [3.05, 3.63) is 18.2 Å². The van der Waals surface area contributed by atoms with Crippen molar-refractivity contribution < 1.29 is 14.3 Å². The molecule has 1 saturated carbocycles. The zero-order valence-electron chi connectivity index (χ0n) is 14.3. The summed E-state index contributed by atoms with van der Waals surface area (Å²) in [6.07, 6.45) is 8.00. The maximum atomic E-state index is 12.4. The summed E-state index contributed by atoms with van der Waals surface area (Å²) < 4.78 is 5.47. The van der Waals surface area contributed by atoms with Crippen molar-refractivity contribution in [3.63, 3.8) is 0 Å². The monoisotopic (exact) mass is 330 g/mol. The van der Waals surface area contributed by atoms with Crippen LogP contribution >= 0.6 is 0 Å². The summed E-state index contributed by atoms with van der Waals surface area (Å²) in [5, 5.41) is 3.01. The zero-order chi connectivity index (χ0) is 16.9. The smallest absolute Gasteiger partial charge is 0.227 e. The molecular weight excluding hydrogens is 304 g/mol. The molecule has 0 spiro atoms. The van der Waals surface area contributed by atoms with E-state index in [0.29, 0.717) is 12.2 Å². The third-order valence-corrected chi connectivity index (χ3v) is 5.04. The van der Waals surface area contributed by atoms with Gasteiger partial charge in [0, 0.05) is 30.6 Å². The Labute approximate surface area is 143 Å². The van der Waals surface area contributed by atoms with Crippen LogP contribution < -0.4 is 15.0 Å². The van der Waals surface area contributed by atoms with Crippen molar-refractivity contribution in [2.45, 2.75) is 51.4 Å². The Morgan fingerprint density at radius 3 is 2.67 bits per heavy atom. The van der Waals surface area contributed by atoms with Crippen LogP contribution in [0.15, 0.2) is 18.2 Å². The first-order valence-corrected chi connectivity index (χ1v) is 8.98. The Bertz CT molecular complexity index is 609. The van der Waals surface area contributed by atoms with Gasteiger partial charge in [-0.3, -0.25) is 9.59 Å². The number of rotatable bonds is 4. The van der Waals surface area contributed by atoms with E-state index in [1.807, 2.05) is 18.2 Å². The molecule has 1 saturated heterocycles. The molecule has 5 nitrogen and oxygen atoms in total. The molecule has 1 aromatic carbocycles. The average Bonchev–Trinajstić information content (AvgIpc) is 2.63. The van der Waals surface area contributed by atoms with Gasteiger partial charge < -0.3 is 15.0 Å². The van der Waals surface area contributed by atoms with Gasteiger partial charge >= 0.3 is 0 Å². The van der Waals surface area contributed by atoms with Gasteiger partial charge in [0.25, 0.3) is 0 Å². The lowest BCUT2D eigenvalue weighted by atomic mass is 9.88. The van der Waals surface area contributed by atoms with E-state index < -0.39 is 0 Å². The number of hydrogen-bond acceptors (Lipinski definition) is 3. The molecule has 2 aliphatic rings. The summed E-state index contributed by atoms with van der Waals surface area (Å²) in [6.45, 7) is 0.725. The van der Waals surface area contributed by atoms with Gasteiger partial charge in [0.05, 0.1) is 12.8 Å². The molecule has 1 aromatic rings. The average molecular weight is 330 g/mol. The fourth-order valence-corrected chi connectivity index (χ4v) is 3.65. The quantitative estimate of drug-likeness (QED) is 0.915. The molecule has 0 radical (unpaired) electrons. The predicted octanol–water partition coefficient (Wildman–Crippen LogP) is 3.73. The van der Waals surface area contributed by atoms with Gasteiger partial charge in [0.1, 0.15) is 5.75 Å². The van der Waals surface area contributed by atoms with Gasteiger partial charge in [-0.05, 0) is 37.8 Å². The first kappa shape index (κ1) is 16.8. The summed E-state index contributed by atoms with van der Waals surface area (Å²) in [5.41, 5.74) is 1.52. The van der Waals surface area contributed by atoms with Gasteiger partial charge in [-0.25, -0.2) is 0 Å². The van der Waals surface area contributed by atoms with Crippen molar-refractivity contribution in [3.8, 4) is 5.75 Å². The predicted molar refractivity (Wildman–Crippen MR) is 94.4 cm³/mol. The topological polar surface area (TPSA) is 58.6 Å². The molecule has 130 valence electrons. The molecular formula is C19H26N2O3. The molecule has 0 atom stereocenters. The highest BCUT2D eigenvalue weighted by molar-refractivity contribution is 5.97. The third-order valence-electron chi connectivity index (χ3n) is 5.04. The molecule has 0 unspecified atom stereocenters. The number of ether oxygens (including phenoxy) is 1. The SMILES string of the molecule is COc1cc(NC(=O)C2CCCCC2)ccc1N1CCCCC1=O. The molecule has 0 bridgehead atoms. The highest BCUT2D eigenvalue weighted by atomic mass is 16.5. The van der Waals surface area contributed by atoms with Crippen molar-refractivity contribution >= 4 is 23.2 Å². The standard InChI is InChI=1S/C19H26N2O3/c1-24-17-13-15(20-19(23)14-7-3-2-4-8-14)10-11-16(17)21-12-6-5-9-18(21)22/h10-11,13-14H,2-9,12H2,1H3,(H,20,23). The van der Waals surface area contributed by atoms with Crippen LogP contribution in [0.2, 0.25) is 0 Å². The van der Waals surface area contributed by atoms with Crippen LogP contribution in [-0.4, -0.2) is 25.5 Å². The van der Waals surface area contributed by atoms with E-state index in [2.05, 4.69) is 5.32 Å². The number of piperidine rings is 1. The van der Waals surface area contributed by atoms with E-state index in [-0.39, 0.29) is 17.7 Å². The molecule has 2 fully saturated rings. The van der Waals surface area contributed by atoms with Crippen LogP contribution in [0.1, 0.15) is 51.4 Å². The summed E-state index contributed by atoms with van der Waals surface area (Å²) in [7, 11) is 1.60. The van der Waals surface area contributed by atoms with Crippen LogP contribution in [0.25, 0.3) is 0 Å². The first-order chi connectivity index (χ1) is 11.7. The number of methoxy groups -OCH3 is 1. The number of carbonyl (C=O) groups excluding carboxylic acids is 2. The fraction of sp³-hybridized carbons (Fsp3) is 0.579. The number of nitrogens with zero attached hydrogens (tertiary/aromatic N) is 1. The van der Waals surface area contributed by atoms with Crippen molar-refractivity contribution in [2.75, 3.05) is 23.9 Å². The Kier molecular flexibility index (Phi) is 5.38. The molecule has 1 N–H and O–H groups in total. The molecule has 5 heteroatoms. The summed E-state index contributed by atoms with van der Waals surface area (Å²) >= 11 is 0. The van der Waals surface area contributed by atoms with E-state index in [1.54, 1.807) is 12.0 Å². The Hall–Kier alpha value is -2.04. The second kappa shape index (κ2) is 7.69. The lowest BCUT2D eigenvalue weighted by molar-refractivity contribution is -0.121. The molecule has 1 aliphatic carbocycles. The van der Waals surface area contributed by atoms with Gasteiger partial charge in [-0.1, -0.05) is 19.3 Å². The number of amides is 2. The van der Waals surface area contributed by atoms with Crippen LogP contribution in [0.3, 0.4) is 0 Å². The van der Waals surface area contributed by atoms with Crippen molar-refractivity contribution in [1.82, 2.24) is 0 Å². The van der Waals surface area contributed by atoms with E-state index in [9.17, 15) is 9.59 Å². The van der Waals surface area contributed by atoms with Crippen molar-refractivity contribution in [2.24, 2.45) is 5.92 Å². The normalized spacial score (nSPS) is 19.2. The summed E-state index contributed by atoms with van der Waals surface area (Å²) in [5.74, 6) is 0.983. The highest BCUT2D eigenvalue weighted by Crippen LogP contribution is 2.34. The number of hydrogen-bond donors (Lipinski definition) is 1. The summed E-state index contributed by atoms with van der Waals surface area (Å²) in [4.78, 5) is 26.3. The van der Waals surface area contributed by atoms with Gasteiger partial charge in [0.15, 0.2) is 0 Å². The minimum absolute atomic E-state index is 0.0959. The lowest BCUT2D eigenvalue weighted by Gasteiger charge is -2.28. The Morgan fingerprint density at radius 1 is 1.17 bits per heavy atom. The second-order valence-electron chi connectivity index (χ2n) is 6.71. The Balaban J connectivity index is 1.73. The van der Waals surface area contributed by atoms with Gasteiger partial charge in [-0.15, -0.1) is 0 Å². The molecule has 1 aliphatic heterocycles. The van der Waals surface area contributed by atoms with E-state index in [1.165, 1.54) is 6.42 Å². The maximum absolute atomic E-state index is 12.4. The molecule has 3 rings (SSSR count). The number of carbonyl (C=O) groups is 2. The fourth-order valence-electron chi connectivity index (χ4n) is 3.65. The molecule has 24 heavy (non-hydrogen) atoms. The minimum Gasteiger partial charge on any atom is -0.494 e. The van der Waals surface area contributed by atoms with E-state index in [0.717, 1.165) is 56.4 Å². The largest absolute Gasteiger partial charge is 0.494 e. The molecule has 0 aromatic heterocycles. The van der Waals surface area contributed by atoms with Gasteiger partial charge in [0.2, 0.25) is 11.8 Å². The van der Waals surface area contributed by atoms with Crippen LogP contribution in [0.5, 0.6) is 5.75 Å². The lowest BCUT2D eigenvalue weighted by Crippen LogP contribution is -2.35. The van der Waals surface area contributed by atoms with Crippen LogP contribution in [-0.2, 0) is 9.59 Å². The Morgan fingerprint density at radius 2 is 1.96 bits per heavy atom. The number of benzene rings is 1. The zero-order valence-corrected chi connectivity index (χ0v) is 14.3. The molecule has 1 heterocycles. The minimum atomic E-state index is 0.0959. The molecule has 2 amide bonds. The number of anilines is 2. The first-order valence-electron chi connectivity index (χ1n) is 8.98. The van der Waals surface area contributed by atoms with Crippen molar-refractivity contribution in [1.29, 1.82) is 0 Å². The third kappa shape index (κ3) is 3.71. The second-order valence-corrected chi connectivity index (χ2v) is 6.71. The maximum Gasteiger partial charge on any atom is 0.227 e. The van der Waals surface area contributed by atoms with Crippen LogP contribution in [0, 0.1) is 5.92 Å². The highest BCUT2D eigenvalue weighted by Gasteiger charge is 2.24.